The van der Waals surface area contributed by atoms with E-state index in [4.69, 9.17) is 9.47 Å². The van der Waals surface area contributed by atoms with Crippen molar-refractivity contribution in [1.29, 1.82) is 0 Å². The first-order valence-electron chi connectivity index (χ1n) is 7.04. The minimum Gasteiger partial charge on any atom is -0.493 e. The van der Waals surface area contributed by atoms with Crippen molar-refractivity contribution in [2.75, 3.05) is 14.2 Å². The maximum absolute atomic E-state index is 12.5. The van der Waals surface area contributed by atoms with Crippen molar-refractivity contribution >= 4 is 5.78 Å². The predicted octanol–water partition coefficient (Wildman–Crippen LogP) is 3.56. The molecule has 3 nitrogen and oxygen atoms in total. The molecule has 19 heavy (non-hydrogen) atoms. The van der Waals surface area contributed by atoms with E-state index in [1.807, 2.05) is 6.07 Å². The fourth-order valence-corrected chi connectivity index (χ4v) is 3.74. The summed E-state index contributed by atoms with van der Waals surface area (Å²) < 4.78 is 10.7. The van der Waals surface area contributed by atoms with Crippen molar-refractivity contribution in [2.24, 2.45) is 5.92 Å². The summed E-state index contributed by atoms with van der Waals surface area (Å²) in [5.41, 5.74) is 1.95. The second-order valence-corrected chi connectivity index (χ2v) is 5.54. The number of benzene rings is 1. The van der Waals surface area contributed by atoms with Gasteiger partial charge in [-0.25, -0.2) is 0 Å². The van der Waals surface area contributed by atoms with Crippen LogP contribution in [0.2, 0.25) is 0 Å². The number of Topliss-reactive ketones (excluding diaryl/α,β-unsaturated/α-hetero) is 1. The molecule has 0 amide bonds. The van der Waals surface area contributed by atoms with Crippen molar-refractivity contribution in [3.05, 3.63) is 23.3 Å². The molecule has 1 saturated carbocycles. The summed E-state index contributed by atoms with van der Waals surface area (Å²) in [6, 6.07) is 4.00. The molecule has 1 fully saturated rings. The minimum absolute atomic E-state index is 0.217. The standard InChI is InChI=1S/C16H20O3/c1-18-14-8-7-12-11-6-4-3-5-10(11)9-13(17)15(12)16(14)19-2/h7-8,10-11H,3-6,9H2,1-2H3. The monoisotopic (exact) mass is 260 g/mol. The lowest BCUT2D eigenvalue weighted by Crippen LogP contribution is -2.28. The fraction of sp³-hybridized carbons (Fsp3) is 0.562. The van der Waals surface area contributed by atoms with Gasteiger partial charge >= 0.3 is 0 Å². The van der Waals surface area contributed by atoms with Crippen LogP contribution in [0.3, 0.4) is 0 Å². The zero-order valence-corrected chi connectivity index (χ0v) is 11.6. The van der Waals surface area contributed by atoms with Crippen molar-refractivity contribution in [3.8, 4) is 11.5 Å². The summed E-state index contributed by atoms with van der Waals surface area (Å²) in [4.78, 5) is 12.5. The molecule has 2 atom stereocenters. The van der Waals surface area contributed by atoms with Crippen LogP contribution in [0, 0.1) is 5.92 Å². The Morgan fingerprint density at radius 3 is 2.63 bits per heavy atom. The zero-order valence-electron chi connectivity index (χ0n) is 11.6. The second-order valence-electron chi connectivity index (χ2n) is 5.54. The molecule has 0 spiro atoms. The van der Waals surface area contributed by atoms with Crippen LogP contribution >= 0.6 is 0 Å². The summed E-state index contributed by atoms with van der Waals surface area (Å²) in [5, 5.41) is 0. The molecule has 3 heteroatoms. The van der Waals surface area contributed by atoms with Crippen LogP contribution in [0.1, 0.15) is 53.9 Å². The highest BCUT2D eigenvalue weighted by molar-refractivity contribution is 6.02. The lowest BCUT2D eigenvalue weighted by Gasteiger charge is -2.37. The number of rotatable bonds is 2. The number of methoxy groups -OCH3 is 2. The van der Waals surface area contributed by atoms with Gasteiger partial charge in [0.2, 0.25) is 0 Å². The highest BCUT2D eigenvalue weighted by atomic mass is 16.5. The van der Waals surface area contributed by atoms with Gasteiger partial charge in [0.25, 0.3) is 0 Å². The van der Waals surface area contributed by atoms with E-state index in [9.17, 15) is 4.79 Å². The van der Waals surface area contributed by atoms with E-state index in [1.54, 1.807) is 14.2 Å². The molecule has 0 aromatic heterocycles. The molecule has 2 aliphatic carbocycles. The van der Waals surface area contributed by atoms with E-state index in [0.29, 0.717) is 29.8 Å². The predicted molar refractivity (Wildman–Crippen MR) is 73.2 cm³/mol. The maximum Gasteiger partial charge on any atom is 0.171 e. The van der Waals surface area contributed by atoms with Crippen LogP contribution in [0.15, 0.2) is 12.1 Å². The average Bonchev–Trinajstić information content (AvgIpc) is 2.46. The maximum atomic E-state index is 12.5. The third-order valence-corrected chi connectivity index (χ3v) is 4.61. The number of ketones is 1. The molecule has 0 aliphatic heterocycles. The Kier molecular flexibility index (Phi) is 3.21. The fourth-order valence-electron chi connectivity index (χ4n) is 3.74. The molecule has 0 saturated heterocycles. The number of hydrogen-bond donors (Lipinski definition) is 0. The molecule has 3 rings (SSSR count). The topological polar surface area (TPSA) is 35.5 Å². The third-order valence-electron chi connectivity index (χ3n) is 4.61. The van der Waals surface area contributed by atoms with E-state index in [1.165, 1.54) is 31.2 Å². The van der Waals surface area contributed by atoms with Gasteiger partial charge in [0.1, 0.15) is 0 Å². The van der Waals surface area contributed by atoms with Gasteiger partial charge in [0, 0.05) is 6.42 Å². The van der Waals surface area contributed by atoms with Crippen molar-refractivity contribution in [2.45, 2.75) is 38.0 Å². The van der Waals surface area contributed by atoms with Gasteiger partial charge in [-0.15, -0.1) is 0 Å². The molecule has 1 aromatic carbocycles. The van der Waals surface area contributed by atoms with E-state index in [2.05, 4.69) is 6.07 Å². The quantitative estimate of drug-likeness (QED) is 0.815. The van der Waals surface area contributed by atoms with Gasteiger partial charge in [-0.3, -0.25) is 4.79 Å². The third kappa shape index (κ3) is 1.92. The normalized spacial score (nSPS) is 25.5. The van der Waals surface area contributed by atoms with Crippen LogP contribution in [0.5, 0.6) is 11.5 Å². The molecule has 0 heterocycles. The van der Waals surface area contributed by atoms with Crippen LogP contribution in [0.4, 0.5) is 0 Å². The Bertz CT molecular complexity index is 507. The van der Waals surface area contributed by atoms with Gasteiger partial charge in [-0.05, 0) is 36.3 Å². The Morgan fingerprint density at radius 1 is 1.11 bits per heavy atom. The largest absolute Gasteiger partial charge is 0.493 e. The molecular weight excluding hydrogens is 240 g/mol. The first-order valence-corrected chi connectivity index (χ1v) is 7.04. The molecule has 102 valence electrons. The Morgan fingerprint density at radius 2 is 1.89 bits per heavy atom. The molecule has 1 aromatic rings. The van der Waals surface area contributed by atoms with E-state index < -0.39 is 0 Å². The van der Waals surface area contributed by atoms with Crippen LogP contribution in [-0.4, -0.2) is 20.0 Å². The van der Waals surface area contributed by atoms with Gasteiger partial charge in [-0.2, -0.15) is 0 Å². The number of hydrogen-bond acceptors (Lipinski definition) is 3. The summed E-state index contributed by atoms with van der Waals surface area (Å²) in [5.74, 6) is 2.56. The van der Waals surface area contributed by atoms with Crippen molar-refractivity contribution < 1.29 is 14.3 Å². The molecule has 2 aliphatic rings. The van der Waals surface area contributed by atoms with E-state index in [-0.39, 0.29) is 5.78 Å². The number of carbonyl (C=O) groups is 1. The van der Waals surface area contributed by atoms with Gasteiger partial charge in [0.15, 0.2) is 17.3 Å². The summed E-state index contributed by atoms with van der Waals surface area (Å²) >= 11 is 0. The summed E-state index contributed by atoms with van der Waals surface area (Å²) in [6.45, 7) is 0. The van der Waals surface area contributed by atoms with Gasteiger partial charge in [-0.1, -0.05) is 18.9 Å². The highest BCUT2D eigenvalue weighted by Crippen LogP contribution is 2.49. The minimum atomic E-state index is 0.217. The number of ether oxygens (including phenoxy) is 2. The van der Waals surface area contributed by atoms with Crippen LogP contribution in [-0.2, 0) is 0 Å². The molecule has 0 radical (unpaired) electrons. The lowest BCUT2D eigenvalue weighted by molar-refractivity contribution is 0.0914. The van der Waals surface area contributed by atoms with Gasteiger partial charge < -0.3 is 9.47 Å². The Balaban J connectivity index is 2.13. The smallest absolute Gasteiger partial charge is 0.171 e. The Hall–Kier alpha value is -1.51. The Labute approximate surface area is 113 Å². The molecule has 0 bridgehead atoms. The van der Waals surface area contributed by atoms with Crippen LogP contribution in [0.25, 0.3) is 0 Å². The number of carbonyl (C=O) groups excluding carboxylic acids is 1. The first-order chi connectivity index (χ1) is 9.26. The summed E-state index contributed by atoms with van der Waals surface area (Å²) in [7, 11) is 3.22. The second kappa shape index (κ2) is 4.87. The SMILES string of the molecule is COc1ccc2c(c1OC)C(=O)CC1CCCCC21. The summed E-state index contributed by atoms with van der Waals surface area (Å²) in [6.07, 6.45) is 5.58. The van der Waals surface area contributed by atoms with Crippen LogP contribution < -0.4 is 9.47 Å². The molecule has 0 N–H and O–H groups in total. The molecule has 2 unspecified atom stereocenters. The number of fused-ring (bicyclic) bond motifs is 3. The average molecular weight is 260 g/mol. The van der Waals surface area contributed by atoms with Crippen molar-refractivity contribution in [1.82, 2.24) is 0 Å². The first kappa shape index (κ1) is 12.5. The van der Waals surface area contributed by atoms with Crippen molar-refractivity contribution in [3.63, 3.8) is 0 Å². The molecular formula is C16H20O3. The lowest BCUT2D eigenvalue weighted by atomic mass is 9.67. The van der Waals surface area contributed by atoms with Gasteiger partial charge in [0.05, 0.1) is 19.8 Å². The highest BCUT2D eigenvalue weighted by Gasteiger charge is 2.37. The van der Waals surface area contributed by atoms with E-state index in [0.717, 1.165) is 5.56 Å². The van der Waals surface area contributed by atoms with E-state index >= 15 is 0 Å². The zero-order chi connectivity index (χ0) is 13.4.